The van der Waals surface area contributed by atoms with Crippen LogP contribution in [0.4, 0.5) is 0 Å². The maximum Gasteiger partial charge on any atom is 0.0196 e. The van der Waals surface area contributed by atoms with E-state index in [4.69, 9.17) is 0 Å². The zero-order valence-corrected chi connectivity index (χ0v) is 20.7. The first-order valence-electron chi connectivity index (χ1n) is 12.1. The van der Waals surface area contributed by atoms with Crippen molar-refractivity contribution >= 4 is 0 Å². The number of hydrogen-bond donors (Lipinski definition) is 0. The van der Waals surface area contributed by atoms with Crippen LogP contribution >= 0.6 is 0 Å². The molecule has 0 amide bonds. The van der Waals surface area contributed by atoms with Crippen molar-refractivity contribution in [1.82, 2.24) is 0 Å². The number of benzene rings is 2. The Hall–Kier alpha value is -2.60. The van der Waals surface area contributed by atoms with Gasteiger partial charge in [-0.15, -0.1) is 0 Å². The average molecular weight is 423 g/mol. The van der Waals surface area contributed by atoms with E-state index < -0.39 is 0 Å². The van der Waals surface area contributed by atoms with Crippen LogP contribution in [0.2, 0.25) is 0 Å². The minimum atomic E-state index is 0.202. The lowest BCUT2D eigenvalue weighted by Crippen LogP contribution is -2.15. The normalized spacial score (nSPS) is 18.6. The molecule has 0 saturated carbocycles. The predicted molar refractivity (Wildman–Crippen MR) is 139 cm³/mol. The summed E-state index contributed by atoms with van der Waals surface area (Å²) in [6.07, 6.45) is 12.1. The maximum atomic E-state index is 2.50. The molecule has 2 aliphatic carbocycles. The molecule has 0 aliphatic heterocycles. The van der Waals surface area contributed by atoms with Crippen LogP contribution in [0.5, 0.6) is 0 Å². The van der Waals surface area contributed by atoms with Crippen molar-refractivity contribution in [2.24, 2.45) is 10.8 Å². The molecule has 0 aromatic heterocycles. The van der Waals surface area contributed by atoms with Crippen LogP contribution < -0.4 is 0 Å². The van der Waals surface area contributed by atoms with Crippen LogP contribution in [0.1, 0.15) is 77.3 Å². The van der Waals surface area contributed by atoms with E-state index in [1.807, 2.05) is 0 Å². The van der Waals surface area contributed by atoms with E-state index in [0.717, 1.165) is 12.8 Å². The van der Waals surface area contributed by atoms with Gasteiger partial charge in [0.15, 0.2) is 0 Å². The van der Waals surface area contributed by atoms with E-state index in [-0.39, 0.29) is 10.8 Å². The molecule has 32 heavy (non-hydrogen) atoms. The van der Waals surface area contributed by atoms with Gasteiger partial charge in [-0.25, -0.2) is 0 Å². The van der Waals surface area contributed by atoms with Crippen LogP contribution in [0.15, 0.2) is 107 Å². The summed E-state index contributed by atoms with van der Waals surface area (Å²) in [4.78, 5) is 0. The molecular formula is C32H38. The molecule has 2 unspecified atom stereocenters. The molecule has 0 N–H and O–H groups in total. The molecule has 0 saturated heterocycles. The monoisotopic (exact) mass is 422 g/mol. The molecule has 0 fully saturated rings. The highest BCUT2D eigenvalue weighted by molar-refractivity contribution is 5.52. The van der Waals surface area contributed by atoms with Gasteiger partial charge < -0.3 is 0 Å². The Morgan fingerprint density at radius 1 is 0.531 bits per heavy atom. The summed E-state index contributed by atoms with van der Waals surface area (Å²) in [7, 11) is 0. The van der Waals surface area contributed by atoms with Crippen LogP contribution in [0.3, 0.4) is 0 Å². The standard InChI is InChI=1S/C32H38/c1-31(2,3)27-19-17-25(21-27)29(23-13-9-7-10-14-23)30(24-15-11-8-12-16-24)26-18-20-28(22-26)32(4,5)6/h7-18,21-22,29-30H,19-20H2,1-6H3. The quantitative estimate of drug-likeness (QED) is 0.450. The van der Waals surface area contributed by atoms with Gasteiger partial charge in [-0.1, -0.05) is 138 Å². The Labute approximate surface area is 195 Å². The van der Waals surface area contributed by atoms with Crippen molar-refractivity contribution < 1.29 is 0 Å². The molecule has 0 heteroatoms. The molecule has 0 bridgehead atoms. The number of rotatable bonds is 5. The summed E-state index contributed by atoms with van der Waals surface area (Å²) in [6, 6.07) is 22.3. The zero-order valence-electron chi connectivity index (χ0n) is 20.7. The molecule has 2 aliphatic rings. The van der Waals surface area contributed by atoms with Gasteiger partial charge in [-0.2, -0.15) is 0 Å². The zero-order chi connectivity index (χ0) is 22.9. The van der Waals surface area contributed by atoms with Gasteiger partial charge in [-0.05, 0) is 45.9 Å². The molecule has 0 nitrogen and oxygen atoms in total. The molecule has 4 rings (SSSR count). The second-order valence-corrected chi connectivity index (χ2v) is 11.4. The maximum absolute atomic E-state index is 2.50. The van der Waals surface area contributed by atoms with Crippen molar-refractivity contribution in [3.05, 3.63) is 118 Å². The fourth-order valence-corrected chi connectivity index (χ4v) is 5.05. The van der Waals surface area contributed by atoms with Gasteiger partial charge in [0.2, 0.25) is 0 Å². The molecule has 2 aromatic carbocycles. The third kappa shape index (κ3) is 4.75. The van der Waals surface area contributed by atoms with Crippen molar-refractivity contribution in [2.75, 3.05) is 0 Å². The average Bonchev–Trinajstić information content (AvgIpc) is 3.43. The second-order valence-electron chi connectivity index (χ2n) is 11.4. The first-order chi connectivity index (χ1) is 15.1. The largest absolute Gasteiger partial charge is 0.0766 e. The van der Waals surface area contributed by atoms with Crippen LogP contribution in [-0.2, 0) is 0 Å². The number of allylic oxidation sites excluding steroid dienone is 8. The molecular weight excluding hydrogens is 384 g/mol. The van der Waals surface area contributed by atoms with E-state index >= 15 is 0 Å². The van der Waals surface area contributed by atoms with E-state index in [9.17, 15) is 0 Å². The molecule has 2 aromatic rings. The van der Waals surface area contributed by atoms with Crippen molar-refractivity contribution in [3.8, 4) is 0 Å². The van der Waals surface area contributed by atoms with E-state index in [2.05, 4.69) is 127 Å². The van der Waals surface area contributed by atoms with Crippen molar-refractivity contribution in [2.45, 2.75) is 66.2 Å². The first-order valence-corrected chi connectivity index (χ1v) is 12.1. The summed E-state index contributed by atoms with van der Waals surface area (Å²) >= 11 is 0. The van der Waals surface area contributed by atoms with Crippen LogP contribution in [-0.4, -0.2) is 0 Å². The Bertz CT molecular complexity index is 971. The minimum Gasteiger partial charge on any atom is -0.0766 e. The second kappa shape index (κ2) is 8.74. The smallest absolute Gasteiger partial charge is 0.0196 e. The highest BCUT2D eigenvalue weighted by Crippen LogP contribution is 2.49. The minimum absolute atomic E-state index is 0.202. The lowest BCUT2D eigenvalue weighted by Gasteiger charge is -2.30. The molecule has 166 valence electrons. The molecule has 0 radical (unpaired) electrons. The summed E-state index contributed by atoms with van der Waals surface area (Å²) in [5.74, 6) is 0.612. The SMILES string of the molecule is CC(C)(C)C1=CC(C(c2ccccc2)C(C2=CCC(C(C)(C)C)=C2)c2ccccc2)=CC1. The third-order valence-corrected chi connectivity index (χ3v) is 7.09. The predicted octanol–water partition coefficient (Wildman–Crippen LogP) is 9.16. The highest BCUT2D eigenvalue weighted by atomic mass is 14.4. The summed E-state index contributed by atoms with van der Waals surface area (Å²) in [5.41, 5.74) is 9.21. The molecule has 2 atom stereocenters. The molecule has 0 spiro atoms. The fourth-order valence-electron chi connectivity index (χ4n) is 5.05. The Balaban J connectivity index is 1.86. The van der Waals surface area contributed by atoms with E-state index in [1.165, 1.54) is 33.4 Å². The highest BCUT2D eigenvalue weighted by Gasteiger charge is 2.34. The van der Waals surface area contributed by atoms with Crippen molar-refractivity contribution in [3.63, 3.8) is 0 Å². The molecule has 0 heterocycles. The van der Waals surface area contributed by atoms with Gasteiger partial charge in [0, 0.05) is 11.8 Å². The van der Waals surface area contributed by atoms with E-state index in [1.54, 1.807) is 0 Å². The number of hydrogen-bond acceptors (Lipinski definition) is 0. The first kappa shape index (κ1) is 22.6. The van der Waals surface area contributed by atoms with Crippen LogP contribution in [0, 0.1) is 10.8 Å². The fraction of sp³-hybridized carbons (Fsp3) is 0.375. The summed E-state index contributed by atoms with van der Waals surface area (Å²) in [5, 5.41) is 0. The van der Waals surface area contributed by atoms with E-state index in [0.29, 0.717) is 11.8 Å². The van der Waals surface area contributed by atoms with Gasteiger partial charge in [0.25, 0.3) is 0 Å². The Morgan fingerprint density at radius 2 is 0.875 bits per heavy atom. The van der Waals surface area contributed by atoms with Gasteiger partial charge in [0.1, 0.15) is 0 Å². The van der Waals surface area contributed by atoms with Gasteiger partial charge in [-0.3, -0.25) is 0 Å². The summed E-state index contributed by atoms with van der Waals surface area (Å²) in [6.45, 7) is 14.0. The van der Waals surface area contributed by atoms with Gasteiger partial charge in [0.05, 0.1) is 0 Å². The third-order valence-electron chi connectivity index (χ3n) is 7.09. The lowest BCUT2D eigenvalue weighted by atomic mass is 9.73. The summed E-state index contributed by atoms with van der Waals surface area (Å²) < 4.78 is 0. The Morgan fingerprint density at radius 3 is 1.16 bits per heavy atom. The van der Waals surface area contributed by atoms with Gasteiger partial charge >= 0.3 is 0 Å². The lowest BCUT2D eigenvalue weighted by molar-refractivity contribution is 0.496. The Kier molecular flexibility index (Phi) is 6.17. The topological polar surface area (TPSA) is 0 Å². The van der Waals surface area contributed by atoms with Crippen LogP contribution in [0.25, 0.3) is 0 Å². The van der Waals surface area contributed by atoms with Crippen molar-refractivity contribution in [1.29, 1.82) is 0 Å².